The van der Waals surface area contributed by atoms with Gasteiger partial charge in [-0.05, 0) is 25.7 Å². The number of hydrogen-bond donors (Lipinski definition) is 1. The van der Waals surface area contributed by atoms with Crippen LogP contribution in [0.1, 0.15) is 65.2 Å². The first-order valence-electron chi connectivity index (χ1n) is 7.11. The van der Waals surface area contributed by atoms with Crippen molar-refractivity contribution in [1.29, 1.82) is 0 Å². The summed E-state index contributed by atoms with van der Waals surface area (Å²) in [5.41, 5.74) is -0.713. The van der Waals surface area contributed by atoms with Crippen molar-refractivity contribution in [2.75, 3.05) is 13.1 Å². The van der Waals surface area contributed by atoms with Crippen LogP contribution in [0.2, 0.25) is 0 Å². The lowest BCUT2D eigenvalue weighted by atomic mass is 9.82. The highest BCUT2D eigenvalue weighted by Gasteiger charge is 2.32. The quantitative estimate of drug-likeness (QED) is 0.776. The molecule has 0 saturated heterocycles. The van der Waals surface area contributed by atoms with Gasteiger partial charge in [0.15, 0.2) is 0 Å². The number of aliphatic hydroxyl groups is 1. The fraction of sp³-hybridized carbons (Fsp3) is 0.929. The second kappa shape index (κ2) is 7.00. The number of amides is 1. The van der Waals surface area contributed by atoms with Crippen molar-refractivity contribution in [3.63, 3.8) is 0 Å². The minimum absolute atomic E-state index is 0.137. The van der Waals surface area contributed by atoms with Crippen LogP contribution in [-0.2, 0) is 4.79 Å². The van der Waals surface area contributed by atoms with Gasteiger partial charge in [-0.15, -0.1) is 0 Å². The molecule has 1 saturated carbocycles. The van der Waals surface area contributed by atoms with Crippen LogP contribution in [0.3, 0.4) is 0 Å². The lowest BCUT2D eigenvalue weighted by Gasteiger charge is -2.33. The van der Waals surface area contributed by atoms with E-state index in [1.54, 1.807) is 0 Å². The fourth-order valence-electron chi connectivity index (χ4n) is 2.68. The largest absolute Gasteiger partial charge is 0.389 e. The molecule has 0 atom stereocenters. The van der Waals surface area contributed by atoms with Gasteiger partial charge >= 0.3 is 0 Å². The van der Waals surface area contributed by atoms with E-state index >= 15 is 0 Å². The molecule has 0 aromatic carbocycles. The molecule has 0 heterocycles. The smallest absolute Gasteiger partial charge is 0.225 e. The lowest BCUT2D eigenvalue weighted by Crippen LogP contribution is -2.41. The maximum Gasteiger partial charge on any atom is 0.225 e. The Morgan fingerprint density at radius 1 is 1.12 bits per heavy atom. The van der Waals surface area contributed by atoms with E-state index in [1.165, 1.54) is 6.42 Å². The maximum absolute atomic E-state index is 12.2. The highest BCUT2D eigenvalue weighted by atomic mass is 16.3. The third-order valence-corrected chi connectivity index (χ3v) is 3.60. The zero-order chi connectivity index (χ0) is 12.7. The van der Waals surface area contributed by atoms with Crippen LogP contribution < -0.4 is 0 Å². The summed E-state index contributed by atoms with van der Waals surface area (Å²) in [4.78, 5) is 14.1. The predicted molar refractivity (Wildman–Crippen MR) is 69.8 cm³/mol. The number of carbonyl (C=O) groups is 1. The van der Waals surface area contributed by atoms with Crippen LogP contribution in [0.4, 0.5) is 0 Å². The summed E-state index contributed by atoms with van der Waals surface area (Å²) in [6.45, 7) is 5.82. The number of rotatable bonds is 6. The minimum Gasteiger partial charge on any atom is -0.389 e. The van der Waals surface area contributed by atoms with Crippen molar-refractivity contribution >= 4 is 5.91 Å². The van der Waals surface area contributed by atoms with E-state index < -0.39 is 5.60 Å². The Morgan fingerprint density at radius 3 is 2.12 bits per heavy atom. The average molecular weight is 241 g/mol. The third-order valence-electron chi connectivity index (χ3n) is 3.60. The Bertz CT molecular complexity index is 228. The van der Waals surface area contributed by atoms with Gasteiger partial charge in [-0.1, -0.05) is 33.1 Å². The zero-order valence-corrected chi connectivity index (χ0v) is 11.4. The Balaban J connectivity index is 2.49. The molecule has 17 heavy (non-hydrogen) atoms. The summed E-state index contributed by atoms with van der Waals surface area (Å²) in [6, 6.07) is 0. The van der Waals surface area contributed by atoms with E-state index in [2.05, 4.69) is 13.8 Å². The molecule has 0 aliphatic heterocycles. The molecule has 0 aromatic rings. The van der Waals surface area contributed by atoms with Gasteiger partial charge in [-0.25, -0.2) is 0 Å². The summed E-state index contributed by atoms with van der Waals surface area (Å²) in [5, 5.41) is 10.4. The summed E-state index contributed by atoms with van der Waals surface area (Å²) < 4.78 is 0. The van der Waals surface area contributed by atoms with Gasteiger partial charge in [-0.2, -0.15) is 0 Å². The molecular formula is C14H27NO2. The summed E-state index contributed by atoms with van der Waals surface area (Å²) >= 11 is 0. The zero-order valence-electron chi connectivity index (χ0n) is 11.4. The maximum atomic E-state index is 12.2. The average Bonchev–Trinajstić information content (AvgIpc) is 2.29. The Hall–Kier alpha value is -0.570. The van der Waals surface area contributed by atoms with Crippen LogP contribution in [-0.4, -0.2) is 34.6 Å². The molecule has 3 heteroatoms. The first-order valence-corrected chi connectivity index (χ1v) is 7.11. The second-order valence-electron chi connectivity index (χ2n) is 5.34. The van der Waals surface area contributed by atoms with Gasteiger partial charge < -0.3 is 10.0 Å². The Kier molecular flexibility index (Phi) is 5.96. The molecule has 1 aliphatic carbocycles. The van der Waals surface area contributed by atoms with Gasteiger partial charge in [0.1, 0.15) is 0 Å². The van der Waals surface area contributed by atoms with Crippen molar-refractivity contribution in [2.45, 2.75) is 70.8 Å². The molecule has 100 valence electrons. The number of nitrogens with zero attached hydrogens (tertiary/aromatic N) is 1. The first-order chi connectivity index (χ1) is 8.11. The highest BCUT2D eigenvalue weighted by Crippen LogP contribution is 2.31. The van der Waals surface area contributed by atoms with Gasteiger partial charge in [0.05, 0.1) is 12.0 Å². The van der Waals surface area contributed by atoms with Crippen molar-refractivity contribution in [2.24, 2.45) is 0 Å². The van der Waals surface area contributed by atoms with Crippen molar-refractivity contribution in [3.05, 3.63) is 0 Å². The van der Waals surface area contributed by atoms with Gasteiger partial charge in [0, 0.05) is 13.1 Å². The van der Waals surface area contributed by atoms with Crippen molar-refractivity contribution < 1.29 is 9.90 Å². The van der Waals surface area contributed by atoms with Crippen molar-refractivity contribution in [1.82, 2.24) is 4.90 Å². The van der Waals surface area contributed by atoms with Gasteiger partial charge in [-0.3, -0.25) is 4.79 Å². The SMILES string of the molecule is CCCN(CCC)C(=O)CC1(O)CCCCC1. The van der Waals surface area contributed by atoms with Crippen LogP contribution in [0.5, 0.6) is 0 Å². The van der Waals surface area contributed by atoms with E-state index in [0.29, 0.717) is 6.42 Å². The molecule has 0 unspecified atom stereocenters. The molecule has 1 fully saturated rings. The molecule has 0 spiro atoms. The lowest BCUT2D eigenvalue weighted by molar-refractivity contribution is -0.137. The van der Waals surface area contributed by atoms with E-state index in [0.717, 1.165) is 51.6 Å². The van der Waals surface area contributed by atoms with Crippen LogP contribution in [0.15, 0.2) is 0 Å². The third kappa shape index (κ3) is 4.66. The molecule has 0 radical (unpaired) electrons. The van der Waals surface area contributed by atoms with E-state index in [1.807, 2.05) is 4.90 Å². The molecule has 1 aliphatic rings. The normalized spacial score (nSPS) is 19.0. The van der Waals surface area contributed by atoms with E-state index in [4.69, 9.17) is 0 Å². The molecule has 3 nitrogen and oxygen atoms in total. The molecule has 0 bridgehead atoms. The van der Waals surface area contributed by atoms with Gasteiger partial charge in [0.2, 0.25) is 5.91 Å². The second-order valence-corrected chi connectivity index (χ2v) is 5.34. The molecule has 1 amide bonds. The van der Waals surface area contributed by atoms with Crippen molar-refractivity contribution in [3.8, 4) is 0 Å². The number of hydrogen-bond acceptors (Lipinski definition) is 2. The van der Waals surface area contributed by atoms with E-state index in [9.17, 15) is 9.90 Å². The standard InChI is InChI=1S/C14H27NO2/c1-3-10-15(11-4-2)13(16)12-14(17)8-6-5-7-9-14/h17H,3-12H2,1-2H3. The molecule has 0 aromatic heterocycles. The Labute approximate surface area is 105 Å². The van der Waals surface area contributed by atoms with Gasteiger partial charge in [0.25, 0.3) is 0 Å². The van der Waals surface area contributed by atoms with Crippen LogP contribution in [0, 0.1) is 0 Å². The topological polar surface area (TPSA) is 40.5 Å². The molecule has 1 rings (SSSR count). The summed E-state index contributed by atoms with van der Waals surface area (Å²) in [5.74, 6) is 0.137. The first kappa shape index (κ1) is 14.5. The Morgan fingerprint density at radius 2 is 1.65 bits per heavy atom. The monoisotopic (exact) mass is 241 g/mol. The number of carbonyl (C=O) groups excluding carboxylic acids is 1. The summed E-state index contributed by atoms with van der Waals surface area (Å²) in [6.07, 6.45) is 7.22. The molecular weight excluding hydrogens is 214 g/mol. The van der Waals surface area contributed by atoms with E-state index in [-0.39, 0.29) is 5.91 Å². The fourth-order valence-corrected chi connectivity index (χ4v) is 2.68. The highest BCUT2D eigenvalue weighted by molar-refractivity contribution is 5.77. The minimum atomic E-state index is -0.713. The van der Waals surface area contributed by atoms with Crippen LogP contribution >= 0.6 is 0 Å². The van der Waals surface area contributed by atoms with Crippen LogP contribution in [0.25, 0.3) is 0 Å². The molecule has 1 N–H and O–H groups in total. The predicted octanol–water partition coefficient (Wildman–Crippen LogP) is 2.72. The summed E-state index contributed by atoms with van der Waals surface area (Å²) in [7, 11) is 0.